The van der Waals surface area contributed by atoms with E-state index in [1.165, 1.54) is 22.3 Å². The van der Waals surface area contributed by atoms with Crippen molar-refractivity contribution in [2.24, 2.45) is 0 Å². The summed E-state index contributed by atoms with van der Waals surface area (Å²) in [6, 6.07) is 14.6. The molecule has 0 unspecified atom stereocenters. The molecule has 152 valence electrons. The third-order valence-corrected chi connectivity index (χ3v) is 5.25. The number of aryl methyl sites for hydroxylation is 2. The number of imidazole rings is 1. The van der Waals surface area contributed by atoms with E-state index in [1.54, 1.807) is 16.9 Å². The van der Waals surface area contributed by atoms with Gasteiger partial charge in [0.25, 0.3) is 0 Å². The average Bonchev–Trinajstić information content (AvgIpc) is 3.20. The molecule has 0 bridgehead atoms. The van der Waals surface area contributed by atoms with Gasteiger partial charge in [-0.05, 0) is 60.4 Å². The Morgan fingerprint density at radius 3 is 2.52 bits per heavy atom. The Hall–Kier alpha value is -4.13. The van der Waals surface area contributed by atoms with Crippen LogP contribution in [0.2, 0.25) is 0 Å². The number of nitrogens with zero attached hydrogens (tertiary/aromatic N) is 6. The van der Waals surface area contributed by atoms with Crippen LogP contribution in [0.5, 0.6) is 0 Å². The summed E-state index contributed by atoms with van der Waals surface area (Å²) in [7, 11) is 0. The number of aromatic nitrogens is 6. The van der Waals surface area contributed by atoms with Gasteiger partial charge in [-0.25, -0.2) is 4.98 Å². The van der Waals surface area contributed by atoms with E-state index in [-0.39, 0.29) is 0 Å². The van der Waals surface area contributed by atoms with E-state index in [4.69, 9.17) is 0 Å². The van der Waals surface area contributed by atoms with Crippen LogP contribution < -0.4 is 5.32 Å². The largest absolute Gasteiger partial charge is 0.350 e. The molecule has 0 saturated heterocycles. The van der Waals surface area contributed by atoms with Gasteiger partial charge in [0.1, 0.15) is 0 Å². The lowest BCUT2D eigenvalue weighted by Gasteiger charge is -2.10. The Kier molecular flexibility index (Phi) is 4.84. The zero-order valence-electron chi connectivity index (χ0n) is 17.3. The first-order chi connectivity index (χ1) is 15.2. The van der Waals surface area contributed by atoms with Gasteiger partial charge < -0.3 is 5.32 Å². The zero-order valence-corrected chi connectivity index (χ0v) is 17.3. The van der Waals surface area contributed by atoms with Crippen molar-refractivity contribution in [3.63, 3.8) is 0 Å². The molecule has 31 heavy (non-hydrogen) atoms. The topological polar surface area (TPSA) is 80.9 Å². The number of pyridine rings is 1. The SMILES string of the molecule is Cc1cc(-c2ccc(CNc3ncc4cc(-c5ccnnc5)cnn34)cc2C)ccn1. The van der Waals surface area contributed by atoms with Crippen LogP contribution in [-0.4, -0.2) is 29.8 Å². The second-order valence-corrected chi connectivity index (χ2v) is 7.48. The molecule has 0 spiro atoms. The van der Waals surface area contributed by atoms with Crippen LogP contribution in [-0.2, 0) is 6.54 Å². The van der Waals surface area contributed by atoms with E-state index in [1.807, 2.05) is 43.7 Å². The summed E-state index contributed by atoms with van der Waals surface area (Å²) in [5.41, 5.74) is 8.71. The maximum Gasteiger partial charge on any atom is 0.224 e. The molecule has 1 N–H and O–H groups in total. The van der Waals surface area contributed by atoms with E-state index < -0.39 is 0 Å². The Labute approximate surface area is 179 Å². The predicted octanol–water partition coefficient (Wildman–Crippen LogP) is 4.48. The highest BCUT2D eigenvalue weighted by atomic mass is 15.3. The molecule has 0 aliphatic rings. The van der Waals surface area contributed by atoms with Crippen LogP contribution in [0, 0.1) is 13.8 Å². The second-order valence-electron chi connectivity index (χ2n) is 7.48. The van der Waals surface area contributed by atoms with E-state index in [9.17, 15) is 0 Å². The van der Waals surface area contributed by atoms with E-state index in [2.05, 4.69) is 61.8 Å². The summed E-state index contributed by atoms with van der Waals surface area (Å²) >= 11 is 0. The minimum atomic E-state index is 0.660. The first kappa shape index (κ1) is 18.9. The number of benzene rings is 1. The van der Waals surface area contributed by atoms with Crippen molar-refractivity contribution in [3.8, 4) is 22.3 Å². The minimum Gasteiger partial charge on any atom is -0.350 e. The van der Waals surface area contributed by atoms with Crippen LogP contribution in [0.4, 0.5) is 5.95 Å². The van der Waals surface area contributed by atoms with Gasteiger partial charge >= 0.3 is 0 Å². The zero-order chi connectivity index (χ0) is 21.2. The lowest BCUT2D eigenvalue weighted by molar-refractivity contribution is 0.913. The number of fused-ring (bicyclic) bond motifs is 1. The molecule has 0 aliphatic heterocycles. The van der Waals surface area contributed by atoms with Gasteiger partial charge in [-0.3, -0.25) is 4.98 Å². The van der Waals surface area contributed by atoms with Gasteiger partial charge in [-0.1, -0.05) is 18.2 Å². The van der Waals surface area contributed by atoms with Crippen molar-refractivity contribution in [1.82, 2.24) is 29.8 Å². The standard InChI is InChI=1S/C24H21N7/c1-16-9-18(3-4-23(16)19-5-7-25-17(2)10-19)12-26-24-27-15-22-11-21(14-30-31(22)24)20-6-8-28-29-13-20/h3-11,13-15H,12H2,1-2H3,(H,26,27). The van der Waals surface area contributed by atoms with Crippen molar-refractivity contribution in [1.29, 1.82) is 0 Å². The molecule has 5 rings (SSSR count). The average molecular weight is 407 g/mol. The maximum atomic E-state index is 4.55. The van der Waals surface area contributed by atoms with Gasteiger partial charge in [0.15, 0.2) is 0 Å². The molecule has 0 radical (unpaired) electrons. The Bertz CT molecular complexity index is 1360. The fraction of sp³-hybridized carbons (Fsp3) is 0.125. The van der Waals surface area contributed by atoms with Crippen LogP contribution in [0.25, 0.3) is 27.8 Å². The summed E-state index contributed by atoms with van der Waals surface area (Å²) in [6.45, 7) is 4.81. The molecule has 0 saturated carbocycles. The maximum absolute atomic E-state index is 4.55. The minimum absolute atomic E-state index is 0.660. The van der Waals surface area contributed by atoms with Gasteiger partial charge in [-0.2, -0.15) is 19.8 Å². The fourth-order valence-corrected chi connectivity index (χ4v) is 3.69. The highest BCUT2D eigenvalue weighted by molar-refractivity contribution is 5.68. The normalized spacial score (nSPS) is 11.0. The third-order valence-electron chi connectivity index (χ3n) is 5.25. The highest BCUT2D eigenvalue weighted by Crippen LogP contribution is 2.25. The molecule has 0 atom stereocenters. The molecule has 7 heteroatoms. The quantitative estimate of drug-likeness (QED) is 0.463. The van der Waals surface area contributed by atoms with Crippen LogP contribution >= 0.6 is 0 Å². The Morgan fingerprint density at radius 1 is 0.806 bits per heavy atom. The summed E-state index contributed by atoms with van der Waals surface area (Å²) in [5.74, 6) is 0.709. The molecule has 4 aromatic heterocycles. The van der Waals surface area contributed by atoms with Crippen LogP contribution in [0.1, 0.15) is 16.8 Å². The van der Waals surface area contributed by atoms with Crippen molar-refractivity contribution in [2.75, 3.05) is 5.32 Å². The summed E-state index contributed by atoms with van der Waals surface area (Å²) in [6.07, 6.45) is 8.88. The van der Waals surface area contributed by atoms with Gasteiger partial charge in [0, 0.05) is 29.6 Å². The number of hydrogen-bond acceptors (Lipinski definition) is 6. The van der Waals surface area contributed by atoms with Crippen molar-refractivity contribution in [3.05, 3.63) is 90.3 Å². The molecular weight excluding hydrogens is 386 g/mol. The number of anilines is 1. The summed E-state index contributed by atoms with van der Waals surface area (Å²) in [5, 5.41) is 15.7. The lowest BCUT2D eigenvalue weighted by Crippen LogP contribution is -2.05. The molecule has 7 nitrogen and oxygen atoms in total. The first-order valence-electron chi connectivity index (χ1n) is 10.0. The summed E-state index contributed by atoms with van der Waals surface area (Å²) in [4.78, 5) is 8.78. The Balaban J connectivity index is 1.34. The molecule has 4 heterocycles. The van der Waals surface area contributed by atoms with Gasteiger partial charge in [0.2, 0.25) is 5.95 Å². The molecule has 0 fully saturated rings. The fourth-order valence-electron chi connectivity index (χ4n) is 3.69. The second kappa shape index (κ2) is 7.95. The Morgan fingerprint density at radius 2 is 1.71 bits per heavy atom. The van der Waals surface area contributed by atoms with E-state index in [0.29, 0.717) is 12.5 Å². The third kappa shape index (κ3) is 3.85. The first-order valence-corrected chi connectivity index (χ1v) is 10.0. The van der Waals surface area contributed by atoms with Gasteiger partial charge in [-0.15, -0.1) is 0 Å². The number of hydrogen-bond donors (Lipinski definition) is 1. The van der Waals surface area contributed by atoms with Gasteiger partial charge in [0.05, 0.1) is 30.3 Å². The number of nitrogens with one attached hydrogen (secondary N) is 1. The highest BCUT2D eigenvalue weighted by Gasteiger charge is 2.08. The van der Waals surface area contributed by atoms with Crippen molar-refractivity contribution in [2.45, 2.75) is 20.4 Å². The van der Waals surface area contributed by atoms with Crippen molar-refractivity contribution >= 4 is 11.5 Å². The predicted molar refractivity (Wildman–Crippen MR) is 120 cm³/mol. The van der Waals surface area contributed by atoms with Crippen LogP contribution in [0.15, 0.2) is 73.4 Å². The number of rotatable bonds is 5. The lowest BCUT2D eigenvalue weighted by atomic mass is 9.99. The molecule has 0 amide bonds. The van der Waals surface area contributed by atoms with E-state index >= 15 is 0 Å². The van der Waals surface area contributed by atoms with Crippen molar-refractivity contribution < 1.29 is 0 Å². The molecule has 5 aromatic rings. The molecule has 1 aromatic carbocycles. The molecular formula is C24H21N7. The summed E-state index contributed by atoms with van der Waals surface area (Å²) < 4.78 is 1.80. The van der Waals surface area contributed by atoms with Crippen LogP contribution in [0.3, 0.4) is 0 Å². The molecule has 0 aliphatic carbocycles. The monoisotopic (exact) mass is 407 g/mol. The smallest absolute Gasteiger partial charge is 0.224 e. The van der Waals surface area contributed by atoms with E-state index in [0.717, 1.165) is 22.3 Å².